The third-order valence-corrected chi connectivity index (χ3v) is 3.12. The highest BCUT2D eigenvalue weighted by atomic mass is 79.9. The van der Waals surface area contributed by atoms with E-state index in [1.165, 1.54) is 0 Å². The van der Waals surface area contributed by atoms with Crippen LogP contribution in [0, 0.1) is 0 Å². The van der Waals surface area contributed by atoms with Gasteiger partial charge in [-0.1, -0.05) is 28.1 Å². The van der Waals surface area contributed by atoms with Gasteiger partial charge in [-0.25, -0.2) is 0 Å². The van der Waals surface area contributed by atoms with Crippen LogP contribution in [0.25, 0.3) is 0 Å². The van der Waals surface area contributed by atoms with Crippen LogP contribution in [0.1, 0.15) is 33.3 Å². The van der Waals surface area contributed by atoms with E-state index in [9.17, 15) is 5.11 Å². The van der Waals surface area contributed by atoms with Crippen molar-refractivity contribution >= 4 is 15.9 Å². The number of halogens is 1. The molecule has 0 heterocycles. The Kier molecular flexibility index (Phi) is 5.04. The lowest BCUT2D eigenvalue weighted by Crippen LogP contribution is -2.43. The van der Waals surface area contributed by atoms with Crippen molar-refractivity contribution in [3.63, 3.8) is 0 Å². The third kappa shape index (κ3) is 4.88. The maximum absolute atomic E-state index is 9.70. The van der Waals surface area contributed by atoms with Crippen molar-refractivity contribution < 1.29 is 9.84 Å². The van der Waals surface area contributed by atoms with Gasteiger partial charge in [-0.3, -0.25) is 0 Å². The molecule has 0 aliphatic rings. The Labute approximate surface area is 123 Å². The summed E-state index contributed by atoms with van der Waals surface area (Å²) in [6.07, 6.45) is 0. The summed E-state index contributed by atoms with van der Waals surface area (Å²) in [5.41, 5.74) is 0.00661. The highest BCUT2D eigenvalue weighted by Crippen LogP contribution is 2.25. The molecule has 1 rings (SSSR count). The number of benzene rings is 1. The molecule has 2 N–H and O–H groups in total. The molecule has 1 aromatic rings. The molecule has 0 saturated heterocycles. The molecule has 4 heteroatoms. The van der Waals surface area contributed by atoms with E-state index in [0.717, 1.165) is 10.0 Å². The van der Waals surface area contributed by atoms with Crippen molar-refractivity contribution in [2.45, 2.75) is 38.8 Å². The van der Waals surface area contributed by atoms with E-state index < -0.39 is 5.54 Å². The molecular weight excluding hydrogens is 306 g/mol. The van der Waals surface area contributed by atoms with Crippen molar-refractivity contribution in [1.82, 2.24) is 5.32 Å². The Morgan fingerprint density at radius 2 is 2.00 bits per heavy atom. The normalized spacial score (nSPS) is 14.6. The Hall–Kier alpha value is -1.00. The number of nitrogens with one attached hydrogen (secondary N) is 1. The fourth-order valence-corrected chi connectivity index (χ4v) is 2.14. The standard InChI is InChI=1S/C15H22BrNO2/c1-11(19-14(2,3)4)17-15(5,10-18)12-7-6-8-13(16)9-12/h6-9,17-18H,1,10H2,2-5H3. The molecule has 0 fully saturated rings. The predicted octanol–water partition coefficient (Wildman–Crippen LogP) is 3.53. The van der Waals surface area contributed by atoms with Gasteiger partial charge >= 0.3 is 0 Å². The molecule has 1 unspecified atom stereocenters. The van der Waals surface area contributed by atoms with Crippen molar-refractivity contribution in [3.8, 4) is 0 Å². The lowest BCUT2D eigenvalue weighted by molar-refractivity contribution is 0.0266. The molecule has 0 aromatic heterocycles. The maximum Gasteiger partial charge on any atom is 0.180 e. The number of aliphatic hydroxyl groups excluding tert-OH is 1. The zero-order chi connectivity index (χ0) is 14.7. The minimum Gasteiger partial charge on any atom is -0.474 e. The molecule has 0 bridgehead atoms. The summed E-state index contributed by atoms with van der Waals surface area (Å²) >= 11 is 3.44. The molecule has 0 amide bonds. The summed E-state index contributed by atoms with van der Waals surface area (Å²) in [6.45, 7) is 11.6. The SMILES string of the molecule is C=C(NC(C)(CO)c1cccc(Br)c1)OC(C)(C)C. The van der Waals surface area contributed by atoms with Gasteiger partial charge in [0.2, 0.25) is 0 Å². The number of rotatable bonds is 5. The van der Waals surface area contributed by atoms with Gasteiger partial charge in [0.15, 0.2) is 5.88 Å². The van der Waals surface area contributed by atoms with Gasteiger partial charge in [0.05, 0.1) is 12.1 Å². The highest BCUT2D eigenvalue weighted by Gasteiger charge is 2.27. The number of ether oxygens (including phenoxy) is 1. The van der Waals surface area contributed by atoms with Gasteiger partial charge in [-0.2, -0.15) is 0 Å². The summed E-state index contributed by atoms with van der Waals surface area (Å²) < 4.78 is 6.63. The monoisotopic (exact) mass is 327 g/mol. The van der Waals surface area contributed by atoms with Crippen LogP contribution >= 0.6 is 15.9 Å². The minimum atomic E-state index is -0.633. The molecular formula is C15H22BrNO2. The molecule has 3 nitrogen and oxygen atoms in total. The number of hydrogen-bond acceptors (Lipinski definition) is 3. The molecule has 0 radical (unpaired) electrons. The van der Waals surface area contributed by atoms with Crippen LogP contribution < -0.4 is 5.32 Å². The van der Waals surface area contributed by atoms with Crippen LogP contribution in [-0.4, -0.2) is 17.3 Å². The molecule has 1 aromatic carbocycles. The fraction of sp³-hybridized carbons (Fsp3) is 0.467. The summed E-state index contributed by atoms with van der Waals surface area (Å²) in [4.78, 5) is 0. The highest BCUT2D eigenvalue weighted by molar-refractivity contribution is 9.10. The lowest BCUT2D eigenvalue weighted by Gasteiger charge is -2.33. The van der Waals surface area contributed by atoms with Gasteiger partial charge < -0.3 is 15.2 Å². The second-order valence-corrected chi connectivity index (χ2v) is 6.68. The van der Waals surface area contributed by atoms with Crippen molar-refractivity contribution in [2.24, 2.45) is 0 Å². The van der Waals surface area contributed by atoms with Crippen molar-refractivity contribution in [1.29, 1.82) is 0 Å². The zero-order valence-electron chi connectivity index (χ0n) is 12.0. The van der Waals surface area contributed by atoms with Crippen LogP contribution in [0.2, 0.25) is 0 Å². The van der Waals surface area contributed by atoms with Crippen molar-refractivity contribution in [2.75, 3.05) is 6.61 Å². The predicted molar refractivity (Wildman–Crippen MR) is 81.7 cm³/mol. The quantitative estimate of drug-likeness (QED) is 0.813. The van der Waals surface area contributed by atoms with E-state index in [1.807, 2.05) is 52.0 Å². The zero-order valence-corrected chi connectivity index (χ0v) is 13.5. The van der Waals surface area contributed by atoms with E-state index in [2.05, 4.69) is 27.8 Å². The van der Waals surface area contributed by atoms with Gasteiger partial charge in [-0.05, 0) is 52.0 Å². The summed E-state index contributed by atoms with van der Waals surface area (Å²) in [7, 11) is 0. The molecule has 0 saturated carbocycles. The summed E-state index contributed by atoms with van der Waals surface area (Å²) in [5.74, 6) is 0.448. The van der Waals surface area contributed by atoms with Gasteiger partial charge in [0.1, 0.15) is 5.60 Å². The first kappa shape index (κ1) is 16.1. The first-order chi connectivity index (χ1) is 8.66. The first-order valence-electron chi connectivity index (χ1n) is 6.19. The van der Waals surface area contributed by atoms with Crippen LogP contribution in [0.5, 0.6) is 0 Å². The molecule has 0 aliphatic carbocycles. The average Bonchev–Trinajstić information content (AvgIpc) is 2.26. The van der Waals surface area contributed by atoms with Crippen LogP contribution in [0.3, 0.4) is 0 Å². The topological polar surface area (TPSA) is 41.5 Å². The number of hydrogen-bond donors (Lipinski definition) is 2. The number of aliphatic hydroxyl groups is 1. The molecule has 106 valence electrons. The fourth-order valence-electron chi connectivity index (χ4n) is 1.74. The lowest BCUT2D eigenvalue weighted by atomic mass is 9.93. The van der Waals surface area contributed by atoms with Crippen molar-refractivity contribution in [3.05, 3.63) is 46.8 Å². The van der Waals surface area contributed by atoms with Gasteiger partial charge in [-0.15, -0.1) is 0 Å². The Morgan fingerprint density at radius 1 is 1.37 bits per heavy atom. The second kappa shape index (κ2) is 5.97. The molecule has 0 aliphatic heterocycles. The summed E-state index contributed by atoms with van der Waals surface area (Å²) in [5, 5.41) is 12.9. The van der Waals surface area contributed by atoms with Crippen LogP contribution in [0.4, 0.5) is 0 Å². The van der Waals surface area contributed by atoms with E-state index >= 15 is 0 Å². The molecule has 0 spiro atoms. The van der Waals surface area contributed by atoms with E-state index in [-0.39, 0.29) is 12.2 Å². The minimum absolute atomic E-state index is 0.0595. The van der Waals surface area contributed by atoms with E-state index in [0.29, 0.717) is 5.88 Å². The average molecular weight is 328 g/mol. The van der Waals surface area contributed by atoms with Crippen LogP contribution in [-0.2, 0) is 10.3 Å². The second-order valence-electron chi connectivity index (χ2n) is 5.76. The Balaban J connectivity index is 2.90. The van der Waals surface area contributed by atoms with Gasteiger partial charge in [0.25, 0.3) is 0 Å². The first-order valence-corrected chi connectivity index (χ1v) is 6.98. The van der Waals surface area contributed by atoms with E-state index in [4.69, 9.17) is 4.74 Å². The van der Waals surface area contributed by atoms with Crippen LogP contribution in [0.15, 0.2) is 41.2 Å². The Bertz CT molecular complexity index is 454. The summed E-state index contributed by atoms with van der Waals surface area (Å²) in [6, 6.07) is 7.80. The van der Waals surface area contributed by atoms with E-state index in [1.54, 1.807) is 0 Å². The Morgan fingerprint density at radius 3 is 2.47 bits per heavy atom. The third-order valence-electron chi connectivity index (χ3n) is 2.62. The molecule has 1 atom stereocenters. The largest absolute Gasteiger partial charge is 0.474 e. The maximum atomic E-state index is 9.70. The van der Waals surface area contributed by atoms with Gasteiger partial charge in [0, 0.05) is 4.47 Å². The smallest absolute Gasteiger partial charge is 0.180 e. The molecule has 19 heavy (non-hydrogen) atoms.